The highest BCUT2D eigenvalue weighted by atomic mass is 32.2. The van der Waals surface area contributed by atoms with Crippen molar-refractivity contribution in [3.8, 4) is 21.6 Å². The van der Waals surface area contributed by atoms with Gasteiger partial charge in [-0.05, 0) is 54.6 Å². The van der Waals surface area contributed by atoms with Crippen molar-refractivity contribution < 1.29 is 9.59 Å². The van der Waals surface area contributed by atoms with Gasteiger partial charge in [-0.15, -0.1) is 23.1 Å². The molecule has 0 fully saturated rings. The number of hydrogen-bond acceptors (Lipinski definition) is 5. The van der Waals surface area contributed by atoms with Crippen LogP contribution in [0.3, 0.4) is 0 Å². The normalized spacial score (nSPS) is 10.5. The molecule has 3 nitrogen and oxygen atoms in total. The summed E-state index contributed by atoms with van der Waals surface area (Å²) in [6.45, 7) is 1.89. The smallest absolute Gasteiger partial charge is 0.169 e. The summed E-state index contributed by atoms with van der Waals surface area (Å²) >= 11 is 3.23. The van der Waals surface area contributed by atoms with Crippen LogP contribution < -0.4 is 5.32 Å². The first kappa shape index (κ1) is 18.4. The summed E-state index contributed by atoms with van der Waals surface area (Å²) in [4.78, 5) is 25.4. The van der Waals surface area contributed by atoms with Crippen LogP contribution in [0.1, 0.15) is 16.6 Å². The number of rotatable bonds is 7. The molecule has 0 spiro atoms. The zero-order valence-electron chi connectivity index (χ0n) is 14.6. The van der Waals surface area contributed by atoms with Gasteiger partial charge in [-0.3, -0.25) is 4.79 Å². The molecule has 132 valence electrons. The van der Waals surface area contributed by atoms with Crippen molar-refractivity contribution >= 4 is 40.9 Å². The fourth-order valence-corrected chi connectivity index (χ4v) is 4.15. The number of carbonyl (C=O) groups excluding carboxylic acids is 2. The number of benzene rings is 2. The first-order valence-electron chi connectivity index (χ1n) is 8.19. The molecular formula is C21H19NO2S2. The lowest BCUT2D eigenvalue weighted by Crippen LogP contribution is -2.01. The number of hydrogen-bond donors (Lipinski definition) is 1. The molecule has 0 bridgehead atoms. The van der Waals surface area contributed by atoms with Gasteiger partial charge in [-0.2, -0.15) is 0 Å². The van der Waals surface area contributed by atoms with Crippen molar-refractivity contribution in [2.24, 2.45) is 0 Å². The van der Waals surface area contributed by atoms with Gasteiger partial charge in [-0.25, -0.2) is 0 Å². The van der Waals surface area contributed by atoms with Crippen LogP contribution in [0.15, 0.2) is 59.5 Å². The van der Waals surface area contributed by atoms with E-state index in [-0.39, 0.29) is 5.78 Å². The van der Waals surface area contributed by atoms with E-state index in [0.717, 1.165) is 38.4 Å². The van der Waals surface area contributed by atoms with Crippen LogP contribution in [0.2, 0.25) is 0 Å². The highest BCUT2D eigenvalue weighted by molar-refractivity contribution is 7.98. The number of nitrogens with one attached hydrogen (secondary N) is 1. The van der Waals surface area contributed by atoms with Crippen molar-refractivity contribution in [3.63, 3.8) is 0 Å². The third-order valence-electron chi connectivity index (χ3n) is 4.02. The largest absolute Gasteiger partial charge is 0.378 e. The summed E-state index contributed by atoms with van der Waals surface area (Å²) in [6, 6.07) is 18.3. The van der Waals surface area contributed by atoms with Gasteiger partial charge in [0, 0.05) is 21.0 Å². The summed E-state index contributed by atoms with van der Waals surface area (Å²) in [7, 11) is 0. The van der Waals surface area contributed by atoms with E-state index in [4.69, 9.17) is 0 Å². The Morgan fingerprint density at radius 1 is 1.08 bits per heavy atom. The molecule has 3 aromatic rings. The molecule has 0 aliphatic rings. The Bertz CT molecular complexity index is 912. The lowest BCUT2D eigenvalue weighted by molar-refractivity contribution is -0.106. The van der Waals surface area contributed by atoms with Gasteiger partial charge in [0.15, 0.2) is 5.78 Å². The van der Waals surface area contributed by atoms with Crippen molar-refractivity contribution in [2.45, 2.75) is 11.8 Å². The highest BCUT2D eigenvalue weighted by Gasteiger charge is 2.15. The Kier molecular flexibility index (Phi) is 5.91. The van der Waals surface area contributed by atoms with Gasteiger partial charge < -0.3 is 10.1 Å². The predicted octanol–water partition coefficient (Wildman–Crippen LogP) is 5.62. The minimum absolute atomic E-state index is 0.0764. The zero-order valence-corrected chi connectivity index (χ0v) is 16.2. The molecule has 1 aromatic heterocycles. The van der Waals surface area contributed by atoms with Gasteiger partial charge in [0.1, 0.15) is 6.29 Å². The van der Waals surface area contributed by atoms with E-state index in [1.165, 1.54) is 16.2 Å². The molecule has 3 rings (SSSR count). The summed E-state index contributed by atoms with van der Waals surface area (Å²) in [5.41, 5.74) is 4.13. The molecule has 5 heteroatoms. The Morgan fingerprint density at radius 3 is 2.31 bits per heavy atom. The quantitative estimate of drug-likeness (QED) is 0.328. The third kappa shape index (κ3) is 4.06. The Labute approximate surface area is 161 Å². The fraction of sp³-hybridized carbons (Fsp3) is 0.143. The van der Waals surface area contributed by atoms with Crippen LogP contribution in [0.25, 0.3) is 21.6 Å². The maximum Gasteiger partial charge on any atom is 0.169 e. The van der Waals surface area contributed by atoms with Gasteiger partial charge in [0.25, 0.3) is 0 Å². The van der Waals surface area contributed by atoms with Crippen molar-refractivity contribution in [3.05, 3.63) is 59.5 Å². The van der Waals surface area contributed by atoms with Crippen LogP contribution in [-0.2, 0) is 4.79 Å². The van der Waals surface area contributed by atoms with Gasteiger partial charge in [0.2, 0.25) is 0 Å². The average molecular weight is 382 g/mol. The Morgan fingerprint density at radius 2 is 1.73 bits per heavy atom. The molecule has 26 heavy (non-hydrogen) atoms. The summed E-state index contributed by atoms with van der Waals surface area (Å²) in [5.74, 6) is 0.0764. The fourth-order valence-electron chi connectivity index (χ4n) is 2.66. The van der Waals surface area contributed by atoms with Crippen LogP contribution in [0.4, 0.5) is 5.69 Å². The molecule has 2 aromatic carbocycles. The summed E-state index contributed by atoms with van der Waals surface area (Å²) in [5, 5.41) is 3.03. The predicted molar refractivity (Wildman–Crippen MR) is 112 cm³/mol. The second-order valence-corrected chi connectivity index (χ2v) is 7.69. The first-order valence-corrected chi connectivity index (χ1v) is 10.2. The number of anilines is 1. The van der Waals surface area contributed by atoms with Gasteiger partial charge in [-0.1, -0.05) is 24.3 Å². The minimum atomic E-state index is 0.0764. The van der Waals surface area contributed by atoms with E-state index in [2.05, 4.69) is 35.8 Å². The second-order valence-electron chi connectivity index (χ2n) is 5.76. The van der Waals surface area contributed by atoms with E-state index in [1.54, 1.807) is 18.7 Å². The van der Waals surface area contributed by atoms with Gasteiger partial charge >= 0.3 is 0 Å². The van der Waals surface area contributed by atoms with Crippen molar-refractivity contribution in [1.82, 2.24) is 0 Å². The molecule has 0 unspecified atom stereocenters. The summed E-state index contributed by atoms with van der Waals surface area (Å²) < 4.78 is 0. The molecule has 0 atom stereocenters. The molecule has 0 saturated carbocycles. The van der Waals surface area contributed by atoms with E-state index in [1.807, 2.05) is 30.3 Å². The van der Waals surface area contributed by atoms with E-state index in [9.17, 15) is 9.59 Å². The lowest BCUT2D eigenvalue weighted by Gasteiger charge is -2.07. The van der Waals surface area contributed by atoms with Crippen molar-refractivity contribution in [2.75, 3.05) is 18.1 Å². The lowest BCUT2D eigenvalue weighted by atomic mass is 10.0. The number of thiophene rings is 1. The van der Waals surface area contributed by atoms with Crippen LogP contribution >= 0.6 is 23.1 Å². The van der Waals surface area contributed by atoms with Crippen LogP contribution in [0, 0.1) is 0 Å². The number of thioether (sulfide) groups is 1. The SMILES string of the molecule is CSc1ccc(-c2cc(C(C)=O)sc2-c2ccc(NCC=O)cc2)cc1. The number of carbonyl (C=O) groups is 2. The maximum absolute atomic E-state index is 11.9. The molecular weight excluding hydrogens is 362 g/mol. The molecule has 0 amide bonds. The molecule has 0 aliphatic heterocycles. The van der Waals surface area contributed by atoms with E-state index < -0.39 is 0 Å². The van der Waals surface area contributed by atoms with Crippen LogP contribution in [-0.4, -0.2) is 24.9 Å². The molecule has 1 heterocycles. The number of Topliss-reactive ketones (excluding diaryl/α,β-unsaturated/α-hetero) is 1. The van der Waals surface area contributed by atoms with Crippen molar-refractivity contribution in [1.29, 1.82) is 0 Å². The number of ketones is 1. The molecule has 1 N–H and O–H groups in total. The monoisotopic (exact) mass is 381 g/mol. The number of aldehydes is 1. The Hall–Kier alpha value is -2.37. The van der Waals surface area contributed by atoms with E-state index in [0.29, 0.717) is 6.54 Å². The average Bonchev–Trinajstić information content (AvgIpc) is 3.12. The van der Waals surface area contributed by atoms with Gasteiger partial charge in [0.05, 0.1) is 11.4 Å². The Balaban J connectivity index is 2.02. The molecule has 0 saturated heterocycles. The highest BCUT2D eigenvalue weighted by Crippen LogP contribution is 2.40. The second kappa shape index (κ2) is 8.34. The van der Waals surface area contributed by atoms with Crippen LogP contribution in [0.5, 0.6) is 0 Å². The molecule has 0 aliphatic carbocycles. The zero-order chi connectivity index (χ0) is 18.5. The topological polar surface area (TPSA) is 46.2 Å². The van der Waals surface area contributed by atoms with E-state index >= 15 is 0 Å². The maximum atomic E-state index is 11.9. The third-order valence-corrected chi connectivity index (χ3v) is 6.05. The minimum Gasteiger partial charge on any atom is -0.378 e. The standard InChI is InChI=1S/C21H19NO2S2/c1-14(24)20-13-19(15-5-9-18(25-2)10-6-15)21(26-20)16-3-7-17(8-4-16)22-11-12-23/h3-10,12-13,22H,11H2,1-2H3. The first-order chi connectivity index (χ1) is 12.6. The summed E-state index contributed by atoms with van der Waals surface area (Å²) in [6.07, 6.45) is 2.89. The molecule has 0 radical (unpaired) electrons.